The molecule has 0 aliphatic heterocycles. The van der Waals surface area contributed by atoms with Gasteiger partial charge in [0.15, 0.2) is 12.4 Å². The summed E-state index contributed by atoms with van der Waals surface area (Å²) < 4.78 is 28.8. The number of rotatable bonds is 9. The third-order valence-corrected chi connectivity index (χ3v) is 4.05. The predicted octanol–water partition coefficient (Wildman–Crippen LogP) is -3.79. The van der Waals surface area contributed by atoms with Crippen LogP contribution in [0.5, 0.6) is 0 Å². The van der Waals surface area contributed by atoms with Crippen molar-refractivity contribution < 1.29 is 57.9 Å². The molecule has 7 N–H and O–H groups in total. The average molecular weight is 364 g/mol. The van der Waals surface area contributed by atoms with Crippen molar-refractivity contribution in [3.8, 4) is 0 Å². The van der Waals surface area contributed by atoms with E-state index in [0.29, 0.717) is 0 Å². The topological polar surface area (TPSA) is 211 Å². The first kappa shape index (κ1) is 24.0. The van der Waals surface area contributed by atoms with Gasteiger partial charge in [0, 0.05) is 0 Å². The Hall–Kier alpha value is 0.770. The minimum atomic E-state index is -5.43. The molecule has 0 amide bonds. The van der Waals surface area contributed by atoms with Gasteiger partial charge in [0.2, 0.25) is 0 Å². The van der Waals surface area contributed by atoms with Crippen LogP contribution in [-0.2, 0) is 22.8 Å². The SMILES string of the molecule is O=C[C@H](OP(=O)(O)OP(=O)(O)O)[C@@H](O)[C@H](O)[C@H](O)CO.[NaH]. The number of phosphoric ester groups is 1. The minimum absolute atomic E-state index is 0. The Morgan fingerprint density at radius 1 is 1.05 bits per heavy atom. The van der Waals surface area contributed by atoms with Crippen molar-refractivity contribution in [1.82, 2.24) is 0 Å². The van der Waals surface area contributed by atoms with Crippen molar-refractivity contribution in [1.29, 1.82) is 0 Å². The van der Waals surface area contributed by atoms with Crippen molar-refractivity contribution >= 4 is 51.5 Å². The van der Waals surface area contributed by atoms with E-state index in [-0.39, 0.29) is 35.8 Å². The first-order valence-corrected chi connectivity index (χ1v) is 7.84. The van der Waals surface area contributed by atoms with Crippen LogP contribution in [0.1, 0.15) is 0 Å². The third kappa shape index (κ3) is 9.49. The van der Waals surface area contributed by atoms with Crippen LogP contribution in [0.3, 0.4) is 0 Å². The normalized spacial score (nSPS) is 20.5. The van der Waals surface area contributed by atoms with E-state index < -0.39 is 46.7 Å². The summed E-state index contributed by atoms with van der Waals surface area (Å²) in [5.74, 6) is 0. The third-order valence-electron chi connectivity index (χ3n) is 1.87. The van der Waals surface area contributed by atoms with Crippen molar-refractivity contribution in [2.45, 2.75) is 24.4 Å². The maximum absolute atomic E-state index is 11.1. The fourth-order valence-electron chi connectivity index (χ4n) is 1.01. The number of aliphatic hydroxyl groups excluding tert-OH is 4. The number of phosphoric acid groups is 2. The molecule has 0 saturated carbocycles. The molecule has 1 unspecified atom stereocenters. The van der Waals surface area contributed by atoms with E-state index in [1.54, 1.807) is 0 Å². The molecule has 0 aliphatic rings. The number of aldehydes is 1. The average Bonchev–Trinajstić information content (AvgIpc) is 2.30. The van der Waals surface area contributed by atoms with E-state index in [1.807, 2.05) is 0 Å². The van der Waals surface area contributed by atoms with Crippen LogP contribution in [0.25, 0.3) is 0 Å². The van der Waals surface area contributed by atoms with Crippen molar-refractivity contribution in [3.05, 3.63) is 0 Å². The predicted molar refractivity (Wildman–Crippen MR) is 66.1 cm³/mol. The summed E-state index contributed by atoms with van der Waals surface area (Å²) in [5.41, 5.74) is 0. The Morgan fingerprint density at radius 2 is 1.52 bits per heavy atom. The maximum atomic E-state index is 11.1. The Morgan fingerprint density at radius 3 is 1.86 bits per heavy atom. The van der Waals surface area contributed by atoms with Gasteiger partial charge in [-0.1, -0.05) is 0 Å². The van der Waals surface area contributed by atoms with Crippen LogP contribution < -0.4 is 0 Å². The van der Waals surface area contributed by atoms with Gasteiger partial charge in [0.05, 0.1) is 6.61 Å². The summed E-state index contributed by atoms with van der Waals surface area (Å²) in [5, 5.41) is 36.2. The van der Waals surface area contributed by atoms with Crippen LogP contribution in [0, 0.1) is 0 Å². The summed E-state index contributed by atoms with van der Waals surface area (Å²) in [7, 11) is -10.8. The molecular weight excluding hydrogens is 349 g/mol. The molecule has 0 aromatic heterocycles. The molecule has 5 atom stereocenters. The second kappa shape index (κ2) is 9.81. The van der Waals surface area contributed by atoms with Crippen LogP contribution in [-0.4, -0.2) is 102 Å². The first-order valence-electron chi connectivity index (χ1n) is 4.82. The van der Waals surface area contributed by atoms with E-state index in [4.69, 9.17) is 24.9 Å². The molecular formula is C6H15NaO12P2. The molecule has 0 rings (SSSR count). The Bertz CT molecular complexity index is 411. The molecule has 21 heavy (non-hydrogen) atoms. The fourth-order valence-corrected chi connectivity index (χ4v) is 2.72. The molecule has 0 radical (unpaired) electrons. The van der Waals surface area contributed by atoms with Gasteiger partial charge in [-0.2, -0.15) is 4.31 Å². The Labute approximate surface area is 140 Å². The molecule has 122 valence electrons. The van der Waals surface area contributed by atoms with E-state index in [0.717, 1.165) is 0 Å². The Balaban J connectivity index is 0. The summed E-state index contributed by atoms with van der Waals surface area (Å²) in [6, 6.07) is 0. The fraction of sp³-hybridized carbons (Fsp3) is 0.833. The van der Waals surface area contributed by atoms with Gasteiger partial charge in [-0.05, 0) is 0 Å². The van der Waals surface area contributed by atoms with Gasteiger partial charge in [-0.15, -0.1) is 0 Å². The molecule has 0 aromatic rings. The van der Waals surface area contributed by atoms with Crippen molar-refractivity contribution in [2.75, 3.05) is 6.61 Å². The van der Waals surface area contributed by atoms with Gasteiger partial charge >= 0.3 is 45.2 Å². The van der Waals surface area contributed by atoms with Crippen LogP contribution in [0.2, 0.25) is 0 Å². The van der Waals surface area contributed by atoms with E-state index in [1.165, 1.54) is 0 Å². The van der Waals surface area contributed by atoms with E-state index in [9.17, 15) is 24.1 Å². The molecule has 12 nitrogen and oxygen atoms in total. The zero-order valence-corrected chi connectivity index (χ0v) is 11.4. The summed E-state index contributed by atoms with van der Waals surface area (Å²) >= 11 is 0. The molecule has 0 bridgehead atoms. The number of carbonyl (C=O) groups is 1. The first-order chi connectivity index (χ1) is 8.93. The number of hydrogen-bond donors (Lipinski definition) is 7. The standard InChI is InChI=1S/C6H14O12P2.Na.H/c7-1-3(9)5(10)6(11)4(2-8)17-20(15,16)18-19(12,13)14;;/h2-7,9-11H,1H2,(H,15,16)(H2,12,13,14);;/t3-,4+,5-,6-;;/m1../s1. The van der Waals surface area contributed by atoms with Gasteiger partial charge in [-0.3, -0.25) is 4.52 Å². The summed E-state index contributed by atoms with van der Waals surface area (Å²) in [6.07, 6.45) is -8.82. The molecule has 0 saturated heterocycles. The molecule has 0 aliphatic carbocycles. The van der Waals surface area contributed by atoms with Gasteiger partial charge in [-0.25, -0.2) is 9.13 Å². The van der Waals surface area contributed by atoms with Gasteiger partial charge in [0.25, 0.3) is 0 Å². The molecule has 0 aromatic carbocycles. The van der Waals surface area contributed by atoms with Gasteiger partial charge in [0.1, 0.15) is 18.3 Å². The zero-order chi connectivity index (χ0) is 16.1. The molecule has 0 spiro atoms. The van der Waals surface area contributed by atoms with Crippen molar-refractivity contribution in [3.63, 3.8) is 0 Å². The number of carbonyl (C=O) groups excluding carboxylic acids is 1. The van der Waals surface area contributed by atoms with Gasteiger partial charge < -0.3 is 39.9 Å². The van der Waals surface area contributed by atoms with Crippen LogP contribution in [0.4, 0.5) is 0 Å². The van der Waals surface area contributed by atoms with Crippen molar-refractivity contribution in [2.24, 2.45) is 0 Å². The molecule has 0 fully saturated rings. The molecule has 15 heteroatoms. The quantitative estimate of drug-likeness (QED) is 0.119. The van der Waals surface area contributed by atoms with Crippen LogP contribution in [0.15, 0.2) is 0 Å². The number of aliphatic hydroxyl groups is 4. The zero-order valence-electron chi connectivity index (χ0n) is 9.66. The van der Waals surface area contributed by atoms with Crippen LogP contribution >= 0.6 is 15.6 Å². The van der Waals surface area contributed by atoms with E-state index in [2.05, 4.69) is 8.83 Å². The summed E-state index contributed by atoms with van der Waals surface area (Å²) in [6.45, 7) is -1.00. The summed E-state index contributed by atoms with van der Waals surface area (Å²) in [4.78, 5) is 36.1. The second-order valence-electron chi connectivity index (χ2n) is 3.48. The monoisotopic (exact) mass is 364 g/mol. The Kier molecular flexibility index (Phi) is 11.2. The number of hydrogen-bond acceptors (Lipinski definition) is 9. The van der Waals surface area contributed by atoms with E-state index >= 15 is 0 Å². The molecule has 0 heterocycles. The second-order valence-corrected chi connectivity index (χ2v) is 6.26.